The van der Waals surface area contributed by atoms with Gasteiger partial charge in [0, 0.05) is 24.2 Å². The number of carbonyl (C=O) groups is 2. The van der Waals surface area contributed by atoms with Crippen molar-refractivity contribution in [1.29, 1.82) is 0 Å². The molecule has 1 amide bonds. The highest BCUT2D eigenvalue weighted by molar-refractivity contribution is 6.60. The Morgan fingerprint density at radius 1 is 1.07 bits per heavy atom. The standard InChI is InChI=1S/C21H20BNO6/c24-13-17-11-16(1-3-18(17)22(26)27)21(25)23-7-5-14(6-8-23)15-2-4-19-20(12-15)29-10-9-28-19/h1-5,11-13,26-27H,6-10H2. The van der Waals surface area contributed by atoms with Gasteiger partial charge in [0.1, 0.15) is 19.5 Å². The van der Waals surface area contributed by atoms with E-state index in [4.69, 9.17) is 9.47 Å². The zero-order chi connectivity index (χ0) is 20.4. The lowest BCUT2D eigenvalue weighted by Gasteiger charge is -2.27. The van der Waals surface area contributed by atoms with E-state index in [1.165, 1.54) is 18.2 Å². The molecule has 0 aromatic heterocycles. The molecule has 2 aliphatic rings. The van der Waals surface area contributed by atoms with Gasteiger partial charge in [0.25, 0.3) is 5.91 Å². The molecule has 0 atom stereocenters. The maximum atomic E-state index is 12.8. The van der Waals surface area contributed by atoms with Crippen LogP contribution in [-0.2, 0) is 0 Å². The molecule has 0 radical (unpaired) electrons. The molecule has 0 unspecified atom stereocenters. The number of aldehydes is 1. The molecule has 2 N–H and O–H groups in total. The van der Waals surface area contributed by atoms with Gasteiger partial charge in [0.15, 0.2) is 11.5 Å². The third-order valence-electron chi connectivity index (χ3n) is 5.15. The van der Waals surface area contributed by atoms with Crippen LogP contribution >= 0.6 is 0 Å². The second-order valence-corrected chi connectivity index (χ2v) is 6.92. The van der Waals surface area contributed by atoms with Crippen molar-refractivity contribution in [2.45, 2.75) is 6.42 Å². The molecular weight excluding hydrogens is 373 g/mol. The van der Waals surface area contributed by atoms with Crippen molar-refractivity contribution in [3.05, 3.63) is 59.2 Å². The summed E-state index contributed by atoms with van der Waals surface area (Å²) >= 11 is 0. The maximum Gasteiger partial charge on any atom is 0.489 e. The fourth-order valence-corrected chi connectivity index (χ4v) is 3.59. The molecule has 0 bridgehead atoms. The van der Waals surface area contributed by atoms with E-state index in [0.717, 1.165) is 22.6 Å². The second-order valence-electron chi connectivity index (χ2n) is 6.92. The first-order valence-corrected chi connectivity index (χ1v) is 9.40. The van der Waals surface area contributed by atoms with Gasteiger partial charge in [-0.15, -0.1) is 0 Å². The molecule has 0 saturated heterocycles. The summed E-state index contributed by atoms with van der Waals surface area (Å²) in [5, 5.41) is 18.6. The van der Waals surface area contributed by atoms with Crippen LogP contribution in [0, 0.1) is 0 Å². The van der Waals surface area contributed by atoms with E-state index in [1.807, 2.05) is 24.3 Å². The highest BCUT2D eigenvalue weighted by Gasteiger charge is 2.23. The van der Waals surface area contributed by atoms with E-state index in [9.17, 15) is 19.6 Å². The minimum Gasteiger partial charge on any atom is -0.486 e. The van der Waals surface area contributed by atoms with E-state index in [1.54, 1.807) is 4.90 Å². The third-order valence-corrected chi connectivity index (χ3v) is 5.15. The number of fused-ring (bicyclic) bond motifs is 1. The van der Waals surface area contributed by atoms with Gasteiger partial charge in [-0.25, -0.2) is 0 Å². The Kier molecular flexibility index (Phi) is 5.37. The maximum absolute atomic E-state index is 12.8. The smallest absolute Gasteiger partial charge is 0.486 e. The Labute approximate surface area is 168 Å². The zero-order valence-corrected chi connectivity index (χ0v) is 15.7. The highest BCUT2D eigenvalue weighted by Crippen LogP contribution is 2.34. The summed E-state index contributed by atoms with van der Waals surface area (Å²) in [6.45, 7) is 2.08. The van der Waals surface area contributed by atoms with Gasteiger partial charge in [-0.3, -0.25) is 9.59 Å². The summed E-state index contributed by atoms with van der Waals surface area (Å²) < 4.78 is 11.2. The summed E-state index contributed by atoms with van der Waals surface area (Å²) in [6, 6.07) is 10.1. The number of rotatable bonds is 4. The first-order chi connectivity index (χ1) is 14.1. The molecule has 0 aliphatic carbocycles. The minimum atomic E-state index is -1.76. The first kappa shape index (κ1) is 19.2. The predicted octanol–water partition coefficient (Wildman–Crippen LogP) is 0.880. The Morgan fingerprint density at radius 2 is 1.86 bits per heavy atom. The Bertz CT molecular complexity index is 987. The SMILES string of the molecule is O=Cc1cc(C(=O)N2CC=C(c3ccc4c(c3)OCCO4)CC2)ccc1B(O)O. The fraction of sp³-hybridized carbons (Fsp3) is 0.238. The molecule has 7 nitrogen and oxygen atoms in total. The van der Waals surface area contributed by atoms with Crippen LogP contribution < -0.4 is 14.9 Å². The molecule has 0 saturated carbocycles. The lowest BCUT2D eigenvalue weighted by Crippen LogP contribution is -2.36. The van der Waals surface area contributed by atoms with Crippen molar-refractivity contribution in [3.63, 3.8) is 0 Å². The molecule has 2 aromatic rings. The monoisotopic (exact) mass is 393 g/mol. The van der Waals surface area contributed by atoms with Crippen molar-refractivity contribution in [2.75, 3.05) is 26.3 Å². The van der Waals surface area contributed by atoms with Gasteiger partial charge >= 0.3 is 7.12 Å². The molecule has 2 aliphatic heterocycles. The van der Waals surface area contributed by atoms with Crippen molar-refractivity contribution < 1.29 is 29.1 Å². The number of hydrogen-bond donors (Lipinski definition) is 2. The number of nitrogens with zero attached hydrogens (tertiary/aromatic N) is 1. The number of benzene rings is 2. The summed E-state index contributed by atoms with van der Waals surface area (Å²) in [7, 11) is -1.76. The highest BCUT2D eigenvalue weighted by atomic mass is 16.6. The van der Waals surface area contributed by atoms with Crippen LogP contribution in [0.5, 0.6) is 11.5 Å². The van der Waals surface area contributed by atoms with Gasteiger partial charge in [-0.2, -0.15) is 0 Å². The molecular formula is C21H20BNO6. The van der Waals surface area contributed by atoms with Crippen LogP contribution in [0.1, 0.15) is 32.7 Å². The van der Waals surface area contributed by atoms with Gasteiger partial charge in [-0.05, 0) is 47.3 Å². The molecule has 0 fully saturated rings. The summed E-state index contributed by atoms with van der Waals surface area (Å²) in [5.41, 5.74) is 2.70. The van der Waals surface area contributed by atoms with Crippen LogP contribution in [0.2, 0.25) is 0 Å². The van der Waals surface area contributed by atoms with Crippen LogP contribution in [0.25, 0.3) is 5.57 Å². The summed E-state index contributed by atoms with van der Waals surface area (Å²) in [6.07, 6.45) is 3.22. The molecule has 29 heavy (non-hydrogen) atoms. The average Bonchev–Trinajstić information content (AvgIpc) is 2.77. The fourth-order valence-electron chi connectivity index (χ4n) is 3.59. The molecule has 4 rings (SSSR count). The molecule has 0 spiro atoms. The van der Waals surface area contributed by atoms with E-state index in [0.29, 0.717) is 44.6 Å². The van der Waals surface area contributed by atoms with Crippen LogP contribution in [0.3, 0.4) is 0 Å². The van der Waals surface area contributed by atoms with Crippen molar-refractivity contribution >= 4 is 30.3 Å². The predicted molar refractivity (Wildman–Crippen MR) is 108 cm³/mol. The van der Waals surface area contributed by atoms with Crippen molar-refractivity contribution in [3.8, 4) is 11.5 Å². The van der Waals surface area contributed by atoms with Gasteiger partial charge in [0.2, 0.25) is 0 Å². The molecule has 8 heteroatoms. The largest absolute Gasteiger partial charge is 0.489 e. The molecule has 2 aromatic carbocycles. The summed E-state index contributed by atoms with van der Waals surface area (Å²) in [5.74, 6) is 1.28. The topological polar surface area (TPSA) is 96.3 Å². The number of amides is 1. The van der Waals surface area contributed by atoms with Gasteiger partial charge in [0.05, 0.1) is 0 Å². The van der Waals surface area contributed by atoms with Crippen LogP contribution in [0.15, 0.2) is 42.5 Å². The van der Waals surface area contributed by atoms with E-state index < -0.39 is 7.12 Å². The first-order valence-electron chi connectivity index (χ1n) is 9.40. The van der Waals surface area contributed by atoms with E-state index in [-0.39, 0.29) is 16.9 Å². The van der Waals surface area contributed by atoms with Crippen LogP contribution in [0.4, 0.5) is 0 Å². The Morgan fingerprint density at radius 3 is 2.55 bits per heavy atom. The summed E-state index contributed by atoms with van der Waals surface area (Å²) in [4.78, 5) is 25.7. The van der Waals surface area contributed by atoms with Crippen molar-refractivity contribution in [1.82, 2.24) is 4.90 Å². The lowest BCUT2D eigenvalue weighted by molar-refractivity contribution is 0.0773. The quantitative estimate of drug-likeness (QED) is 0.592. The normalized spacial score (nSPS) is 15.5. The zero-order valence-electron chi connectivity index (χ0n) is 15.7. The minimum absolute atomic E-state index is 0.0796. The molecule has 2 heterocycles. The van der Waals surface area contributed by atoms with Crippen molar-refractivity contribution in [2.24, 2.45) is 0 Å². The Hall–Kier alpha value is -3.10. The number of hydrogen-bond acceptors (Lipinski definition) is 6. The third kappa shape index (κ3) is 3.90. The van der Waals surface area contributed by atoms with Gasteiger partial charge < -0.3 is 24.4 Å². The lowest BCUT2D eigenvalue weighted by atomic mass is 9.76. The number of carbonyl (C=O) groups excluding carboxylic acids is 2. The molecule has 148 valence electrons. The van der Waals surface area contributed by atoms with Crippen LogP contribution in [-0.4, -0.2) is 60.6 Å². The Balaban J connectivity index is 1.49. The number of ether oxygens (including phenoxy) is 2. The van der Waals surface area contributed by atoms with E-state index in [2.05, 4.69) is 0 Å². The van der Waals surface area contributed by atoms with E-state index >= 15 is 0 Å². The average molecular weight is 393 g/mol. The second kappa shape index (κ2) is 8.10. The van der Waals surface area contributed by atoms with Gasteiger partial charge in [-0.1, -0.05) is 18.2 Å².